The molecule has 0 fully saturated rings. The van der Waals surface area contributed by atoms with Gasteiger partial charge >= 0.3 is 5.97 Å². The van der Waals surface area contributed by atoms with Gasteiger partial charge in [-0.25, -0.2) is 4.79 Å². The molecule has 10 heteroatoms. The number of amidine groups is 1. The number of ether oxygens (including phenoxy) is 1. The first-order chi connectivity index (χ1) is 11.9. The van der Waals surface area contributed by atoms with Gasteiger partial charge in [0, 0.05) is 22.2 Å². The Hall–Kier alpha value is -2.65. The Labute approximate surface area is 155 Å². The van der Waals surface area contributed by atoms with E-state index in [1.54, 1.807) is 18.2 Å². The molecule has 0 saturated carbocycles. The van der Waals surface area contributed by atoms with E-state index in [1.165, 1.54) is 24.3 Å². The molecule has 8 nitrogen and oxygen atoms in total. The van der Waals surface area contributed by atoms with E-state index in [0.29, 0.717) is 10.8 Å². The van der Waals surface area contributed by atoms with E-state index >= 15 is 0 Å². The third kappa shape index (κ3) is 5.44. The third-order valence-corrected chi connectivity index (χ3v) is 3.63. The number of nitro benzene ring substituents is 1. The van der Waals surface area contributed by atoms with Crippen LogP contribution in [0.2, 0.25) is 5.02 Å². The summed E-state index contributed by atoms with van der Waals surface area (Å²) in [5.74, 6) is -0.691. The van der Waals surface area contributed by atoms with Crippen LogP contribution in [0, 0.1) is 10.1 Å². The summed E-state index contributed by atoms with van der Waals surface area (Å²) in [7, 11) is 0. The number of oxime groups is 1. The Morgan fingerprint density at radius 3 is 2.76 bits per heavy atom. The maximum atomic E-state index is 11.6. The maximum Gasteiger partial charge on any atom is 0.372 e. The van der Waals surface area contributed by atoms with Crippen molar-refractivity contribution in [3.63, 3.8) is 0 Å². The van der Waals surface area contributed by atoms with E-state index in [1.807, 2.05) is 0 Å². The highest BCUT2D eigenvalue weighted by molar-refractivity contribution is 9.10. The van der Waals surface area contributed by atoms with Gasteiger partial charge in [0.1, 0.15) is 5.75 Å². The van der Waals surface area contributed by atoms with Crippen LogP contribution in [0.3, 0.4) is 0 Å². The van der Waals surface area contributed by atoms with Crippen molar-refractivity contribution in [2.75, 3.05) is 6.61 Å². The van der Waals surface area contributed by atoms with Crippen molar-refractivity contribution in [1.82, 2.24) is 0 Å². The summed E-state index contributed by atoms with van der Waals surface area (Å²) in [5, 5.41) is 14.5. The number of nitrogens with zero attached hydrogens (tertiary/aromatic N) is 2. The Kier molecular flexibility index (Phi) is 6.31. The Balaban J connectivity index is 1.95. The number of halogens is 2. The van der Waals surface area contributed by atoms with E-state index in [-0.39, 0.29) is 17.1 Å². The maximum absolute atomic E-state index is 11.6. The number of non-ortho nitro benzene ring substituents is 1. The van der Waals surface area contributed by atoms with E-state index < -0.39 is 17.5 Å². The molecule has 2 aromatic carbocycles. The molecule has 0 amide bonds. The Bertz CT molecular complexity index is 844. The second kappa shape index (κ2) is 8.45. The quantitative estimate of drug-likeness (QED) is 0.248. The zero-order chi connectivity index (χ0) is 18.4. The van der Waals surface area contributed by atoms with Crippen LogP contribution in [0.4, 0.5) is 5.69 Å². The highest BCUT2D eigenvalue weighted by Crippen LogP contribution is 2.27. The lowest BCUT2D eigenvalue weighted by Gasteiger charge is -2.06. The number of nitro groups is 1. The zero-order valence-electron chi connectivity index (χ0n) is 12.5. The molecule has 0 aliphatic carbocycles. The molecule has 0 aromatic heterocycles. The number of benzene rings is 2. The summed E-state index contributed by atoms with van der Waals surface area (Å²) in [5.41, 5.74) is 5.74. The highest BCUT2D eigenvalue weighted by Gasteiger charge is 2.11. The molecule has 0 spiro atoms. The summed E-state index contributed by atoms with van der Waals surface area (Å²) in [6.07, 6.45) is 0. The minimum Gasteiger partial charge on any atom is -0.480 e. The predicted molar refractivity (Wildman–Crippen MR) is 94.6 cm³/mol. The smallest absolute Gasteiger partial charge is 0.372 e. The van der Waals surface area contributed by atoms with Gasteiger partial charge in [0.25, 0.3) is 5.69 Å². The number of nitrogens with two attached hydrogens (primary N) is 1. The van der Waals surface area contributed by atoms with Crippen molar-refractivity contribution < 1.29 is 19.3 Å². The molecule has 130 valence electrons. The summed E-state index contributed by atoms with van der Waals surface area (Å²) < 4.78 is 5.98. The Morgan fingerprint density at radius 2 is 2.08 bits per heavy atom. The number of rotatable bonds is 6. The van der Waals surface area contributed by atoms with Gasteiger partial charge in [0.05, 0.1) is 9.95 Å². The van der Waals surface area contributed by atoms with Crippen molar-refractivity contribution in [3.8, 4) is 5.75 Å². The third-order valence-electron chi connectivity index (χ3n) is 2.84. The monoisotopic (exact) mass is 427 g/mol. The van der Waals surface area contributed by atoms with Crippen LogP contribution in [0.15, 0.2) is 52.1 Å². The van der Waals surface area contributed by atoms with E-state index in [2.05, 4.69) is 25.9 Å². The van der Waals surface area contributed by atoms with Gasteiger partial charge in [-0.1, -0.05) is 44.8 Å². The first kappa shape index (κ1) is 18.7. The molecule has 0 aliphatic rings. The lowest BCUT2D eigenvalue weighted by atomic mass is 10.2. The SMILES string of the molecule is N/C(=N/OC(=O)COc1ccc(Br)cc1Cl)c1cccc([N+](=O)[O-])c1. The summed E-state index contributed by atoms with van der Waals surface area (Å²) in [6.45, 7) is -0.437. The van der Waals surface area contributed by atoms with Crippen LogP contribution in [0.1, 0.15) is 5.56 Å². The molecule has 2 rings (SSSR count). The van der Waals surface area contributed by atoms with Crippen LogP contribution >= 0.6 is 27.5 Å². The summed E-state index contributed by atoms with van der Waals surface area (Å²) >= 11 is 9.20. The van der Waals surface area contributed by atoms with Gasteiger partial charge in [0.15, 0.2) is 12.4 Å². The molecule has 0 bridgehead atoms. The first-order valence-electron chi connectivity index (χ1n) is 6.73. The molecule has 0 saturated heterocycles. The molecular formula is C15H11BrClN3O5. The zero-order valence-corrected chi connectivity index (χ0v) is 14.9. The predicted octanol–water partition coefficient (Wildman–Crippen LogP) is 3.25. The summed E-state index contributed by atoms with van der Waals surface area (Å²) in [4.78, 5) is 26.4. The fourth-order valence-electron chi connectivity index (χ4n) is 1.69. The molecular weight excluding hydrogens is 418 g/mol. The number of hydrogen-bond donors (Lipinski definition) is 1. The van der Waals surface area contributed by atoms with E-state index in [4.69, 9.17) is 22.1 Å². The second-order valence-electron chi connectivity index (χ2n) is 4.61. The van der Waals surface area contributed by atoms with Gasteiger partial charge in [-0.05, 0) is 18.2 Å². The molecule has 0 aliphatic heterocycles. The standard InChI is InChI=1S/C15H11BrClN3O5/c16-10-4-5-13(12(17)7-10)24-8-14(21)25-19-15(18)9-2-1-3-11(6-9)20(22)23/h1-7H,8H2,(H2,18,19). The molecule has 0 atom stereocenters. The van der Waals surface area contributed by atoms with Crippen molar-refractivity contribution in [3.05, 3.63) is 67.6 Å². The van der Waals surface area contributed by atoms with Crippen LogP contribution < -0.4 is 10.5 Å². The minimum absolute atomic E-state index is 0.157. The van der Waals surface area contributed by atoms with Gasteiger partial charge < -0.3 is 15.3 Å². The average Bonchev–Trinajstić information content (AvgIpc) is 2.59. The van der Waals surface area contributed by atoms with Crippen molar-refractivity contribution in [2.24, 2.45) is 10.9 Å². The molecule has 0 heterocycles. The summed E-state index contributed by atoms with van der Waals surface area (Å²) in [6, 6.07) is 10.4. The fraction of sp³-hybridized carbons (Fsp3) is 0.0667. The van der Waals surface area contributed by atoms with Gasteiger partial charge in [-0.2, -0.15) is 0 Å². The van der Waals surface area contributed by atoms with Crippen LogP contribution in [-0.4, -0.2) is 23.3 Å². The number of hydrogen-bond acceptors (Lipinski definition) is 6. The van der Waals surface area contributed by atoms with Crippen LogP contribution in [-0.2, 0) is 9.63 Å². The molecule has 0 radical (unpaired) electrons. The largest absolute Gasteiger partial charge is 0.480 e. The lowest BCUT2D eigenvalue weighted by molar-refractivity contribution is -0.384. The van der Waals surface area contributed by atoms with Gasteiger partial charge in [-0.15, -0.1) is 0 Å². The Morgan fingerprint density at radius 1 is 1.32 bits per heavy atom. The first-order valence-corrected chi connectivity index (χ1v) is 7.90. The highest BCUT2D eigenvalue weighted by atomic mass is 79.9. The second-order valence-corrected chi connectivity index (χ2v) is 5.93. The lowest BCUT2D eigenvalue weighted by Crippen LogP contribution is -2.18. The molecule has 2 N–H and O–H groups in total. The average molecular weight is 429 g/mol. The molecule has 0 unspecified atom stereocenters. The topological polar surface area (TPSA) is 117 Å². The normalized spacial score (nSPS) is 11.0. The van der Waals surface area contributed by atoms with Crippen LogP contribution in [0.25, 0.3) is 0 Å². The van der Waals surface area contributed by atoms with E-state index in [9.17, 15) is 14.9 Å². The number of carbonyl (C=O) groups is 1. The van der Waals surface area contributed by atoms with Gasteiger partial charge in [-0.3, -0.25) is 10.1 Å². The van der Waals surface area contributed by atoms with Crippen molar-refractivity contribution >= 4 is 45.0 Å². The minimum atomic E-state index is -0.813. The van der Waals surface area contributed by atoms with Crippen molar-refractivity contribution in [2.45, 2.75) is 0 Å². The fourth-order valence-corrected chi connectivity index (χ4v) is 2.41. The molecule has 25 heavy (non-hydrogen) atoms. The molecule has 2 aromatic rings. The van der Waals surface area contributed by atoms with Crippen LogP contribution in [0.5, 0.6) is 5.75 Å². The number of carbonyl (C=O) groups excluding carboxylic acids is 1. The van der Waals surface area contributed by atoms with Crippen molar-refractivity contribution in [1.29, 1.82) is 0 Å². The van der Waals surface area contributed by atoms with E-state index in [0.717, 1.165) is 4.47 Å². The van der Waals surface area contributed by atoms with Gasteiger partial charge in [0.2, 0.25) is 0 Å².